The second-order valence-corrected chi connectivity index (χ2v) is 5.44. The minimum absolute atomic E-state index is 0.0891. The van der Waals surface area contributed by atoms with Crippen LogP contribution in [-0.4, -0.2) is 46.9 Å². The van der Waals surface area contributed by atoms with Crippen molar-refractivity contribution in [1.82, 2.24) is 9.55 Å². The molecule has 1 aliphatic heterocycles. The number of ether oxygens (including phenoxy) is 3. The molecule has 0 bridgehead atoms. The maximum absolute atomic E-state index is 12.0. The molecule has 8 nitrogen and oxygen atoms in total. The average Bonchev–Trinajstić information content (AvgIpc) is 2.93. The van der Waals surface area contributed by atoms with Crippen LogP contribution in [0.3, 0.4) is 0 Å². The molecule has 1 fully saturated rings. The van der Waals surface area contributed by atoms with Gasteiger partial charge in [-0.25, -0.2) is 4.79 Å². The smallest absolute Gasteiger partial charge is 0.330 e. The topological polar surface area (TPSA) is 103 Å². The van der Waals surface area contributed by atoms with E-state index in [1.54, 1.807) is 0 Å². The first-order valence-electron chi connectivity index (χ1n) is 7.18. The van der Waals surface area contributed by atoms with Gasteiger partial charge in [-0.3, -0.25) is 14.3 Å². The van der Waals surface area contributed by atoms with Gasteiger partial charge in [0.25, 0.3) is 5.56 Å². The Kier molecular flexibility index (Phi) is 6.72. The van der Waals surface area contributed by atoms with Crippen LogP contribution in [-0.2, 0) is 14.2 Å². The van der Waals surface area contributed by atoms with Crippen LogP contribution < -0.4 is 11.2 Å². The zero-order valence-corrected chi connectivity index (χ0v) is 14.2. The highest BCUT2D eigenvalue weighted by Gasteiger charge is 2.37. The van der Waals surface area contributed by atoms with E-state index in [4.69, 9.17) is 14.2 Å². The molecule has 23 heavy (non-hydrogen) atoms. The molecule has 0 spiro atoms. The van der Waals surface area contributed by atoms with Crippen molar-refractivity contribution in [2.45, 2.75) is 31.8 Å². The van der Waals surface area contributed by atoms with E-state index < -0.39 is 29.7 Å². The summed E-state index contributed by atoms with van der Waals surface area (Å²) in [6, 6.07) is 0. The van der Waals surface area contributed by atoms with E-state index in [1.807, 2.05) is 6.92 Å². The Morgan fingerprint density at radius 3 is 3.00 bits per heavy atom. The number of hydrogen-bond donors (Lipinski definition) is 2. The summed E-state index contributed by atoms with van der Waals surface area (Å²) in [6.07, 6.45) is 1.71. The summed E-state index contributed by atoms with van der Waals surface area (Å²) in [7, 11) is 0. The molecule has 2 heterocycles. The lowest BCUT2D eigenvalue weighted by atomic mass is 10.2. The van der Waals surface area contributed by atoms with Crippen LogP contribution in [0.5, 0.6) is 0 Å². The summed E-state index contributed by atoms with van der Waals surface area (Å²) in [5, 5.41) is 9.40. The van der Waals surface area contributed by atoms with Crippen molar-refractivity contribution >= 4 is 22.0 Å². The Labute approximate surface area is 140 Å². The first-order chi connectivity index (χ1) is 11.1. The third kappa shape index (κ3) is 4.39. The second kappa shape index (κ2) is 8.55. The lowest BCUT2D eigenvalue weighted by Crippen LogP contribution is -2.33. The predicted molar refractivity (Wildman–Crippen MR) is 86.3 cm³/mol. The van der Waals surface area contributed by atoms with Gasteiger partial charge >= 0.3 is 5.69 Å². The maximum atomic E-state index is 12.0. The average molecular weight is 391 g/mol. The summed E-state index contributed by atoms with van der Waals surface area (Å²) in [5.41, 5.74) is -0.749. The highest BCUT2D eigenvalue weighted by atomic mass is 79.9. The number of aliphatic hydroxyl groups excluding tert-OH is 1. The van der Waals surface area contributed by atoms with E-state index in [9.17, 15) is 14.7 Å². The number of aromatic amines is 1. The third-order valence-electron chi connectivity index (χ3n) is 3.48. The number of nitrogens with zero attached hydrogens (tertiary/aromatic N) is 1. The molecule has 0 radical (unpaired) electrons. The molecule has 1 saturated heterocycles. The van der Waals surface area contributed by atoms with Gasteiger partial charge in [0.1, 0.15) is 19.1 Å². The molecular weight excluding hydrogens is 372 g/mol. The minimum atomic E-state index is -0.634. The van der Waals surface area contributed by atoms with Gasteiger partial charge in [-0.2, -0.15) is 0 Å². The summed E-state index contributed by atoms with van der Waals surface area (Å²) < 4.78 is 17.6. The van der Waals surface area contributed by atoms with Crippen molar-refractivity contribution in [2.24, 2.45) is 0 Å². The molecule has 128 valence electrons. The van der Waals surface area contributed by atoms with E-state index >= 15 is 0 Å². The molecular formula is C14H19BrN2O6. The minimum Gasteiger partial charge on any atom is -0.394 e. The quantitative estimate of drug-likeness (QED) is 0.520. The Morgan fingerprint density at radius 2 is 2.35 bits per heavy atom. The number of aliphatic hydroxyl groups is 1. The molecule has 0 saturated carbocycles. The van der Waals surface area contributed by atoms with Crippen molar-refractivity contribution in [2.75, 3.05) is 20.0 Å². The third-order valence-corrected chi connectivity index (χ3v) is 3.74. The molecule has 0 aliphatic carbocycles. The second-order valence-electron chi connectivity index (χ2n) is 4.91. The summed E-state index contributed by atoms with van der Waals surface area (Å²) >= 11 is 3.09. The Hall–Kier alpha value is -1.26. The van der Waals surface area contributed by atoms with E-state index in [2.05, 4.69) is 20.9 Å². The molecule has 3 atom stereocenters. The van der Waals surface area contributed by atoms with Crippen LogP contribution in [0.15, 0.2) is 20.8 Å². The van der Waals surface area contributed by atoms with Gasteiger partial charge in [0, 0.05) is 19.2 Å². The Balaban J connectivity index is 2.20. The number of H-pyrrole nitrogens is 1. The molecule has 9 heteroatoms. The first kappa shape index (κ1) is 18.1. The first-order valence-corrected chi connectivity index (χ1v) is 8.10. The predicted octanol–water partition coefficient (Wildman–Crippen LogP) is 0.561. The number of halogens is 1. The highest BCUT2D eigenvalue weighted by Crippen LogP contribution is 2.29. The van der Waals surface area contributed by atoms with Crippen molar-refractivity contribution in [3.05, 3.63) is 37.6 Å². The van der Waals surface area contributed by atoms with Crippen molar-refractivity contribution in [3.63, 3.8) is 0 Å². The van der Waals surface area contributed by atoms with Crippen LogP contribution in [0.25, 0.3) is 6.08 Å². The molecule has 1 unspecified atom stereocenters. The lowest BCUT2D eigenvalue weighted by molar-refractivity contribution is -0.116. The monoisotopic (exact) mass is 390 g/mol. The molecule has 0 amide bonds. The molecule has 2 rings (SSSR count). The van der Waals surface area contributed by atoms with Crippen molar-refractivity contribution in [1.29, 1.82) is 0 Å². The molecule has 1 aromatic heterocycles. The highest BCUT2D eigenvalue weighted by molar-refractivity contribution is 9.11. The normalized spacial score (nSPS) is 24.6. The summed E-state index contributed by atoms with van der Waals surface area (Å²) in [4.78, 5) is 27.5. The van der Waals surface area contributed by atoms with Gasteiger partial charge in [-0.05, 0) is 18.0 Å². The van der Waals surface area contributed by atoms with E-state index in [0.29, 0.717) is 18.6 Å². The fraction of sp³-hybridized carbons (Fsp3) is 0.571. The van der Waals surface area contributed by atoms with Gasteiger partial charge in [0.15, 0.2) is 0 Å². The number of aromatic nitrogens is 2. The molecule has 2 N–H and O–H groups in total. The summed E-state index contributed by atoms with van der Waals surface area (Å²) in [5.74, 6) is 0. The molecule has 1 aromatic rings. The van der Waals surface area contributed by atoms with Gasteiger partial charge in [-0.15, -0.1) is 0 Å². The lowest BCUT2D eigenvalue weighted by Gasteiger charge is -2.16. The van der Waals surface area contributed by atoms with Crippen LogP contribution in [0, 0.1) is 0 Å². The van der Waals surface area contributed by atoms with Gasteiger partial charge in [-0.1, -0.05) is 15.9 Å². The molecule has 0 aromatic carbocycles. The fourth-order valence-electron chi connectivity index (χ4n) is 2.33. The van der Waals surface area contributed by atoms with E-state index in [-0.39, 0.29) is 13.4 Å². The van der Waals surface area contributed by atoms with Crippen molar-refractivity contribution < 1.29 is 19.3 Å². The fourth-order valence-corrected chi connectivity index (χ4v) is 2.62. The van der Waals surface area contributed by atoms with Gasteiger partial charge in [0.2, 0.25) is 0 Å². The van der Waals surface area contributed by atoms with Crippen molar-refractivity contribution in [3.8, 4) is 0 Å². The van der Waals surface area contributed by atoms with Gasteiger partial charge < -0.3 is 19.3 Å². The maximum Gasteiger partial charge on any atom is 0.330 e. The Morgan fingerprint density at radius 1 is 1.57 bits per heavy atom. The molecule has 1 aliphatic rings. The standard InChI is InChI=1S/C14H19BrN2O6/c1-2-21-8-22-10-5-12(23-11(10)7-18)17-6-9(3-4-15)13(19)16-14(17)20/h3-4,6,10-12,18H,2,5,7-8H2,1H3,(H,16,19,20)/t10?,11-,12-/m0/s1. The summed E-state index contributed by atoms with van der Waals surface area (Å²) in [6.45, 7) is 2.22. The van der Waals surface area contributed by atoms with Crippen LogP contribution in [0.2, 0.25) is 0 Å². The van der Waals surface area contributed by atoms with E-state index in [1.165, 1.54) is 21.8 Å². The Bertz CT molecular complexity index is 655. The zero-order valence-electron chi connectivity index (χ0n) is 12.6. The van der Waals surface area contributed by atoms with Gasteiger partial charge in [0.05, 0.1) is 18.3 Å². The SMILES string of the molecule is CCOCOC1C[C@@H](n2cc(C=CBr)c(=O)[nH]c2=O)O[C@H]1CO. The largest absolute Gasteiger partial charge is 0.394 e. The number of hydrogen-bond acceptors (Lipinski definition) is 6. The van der Waals surface area contributed by atoms with Crippen LogP contribution in [0.1, 0.15) is 25.1 Å². The van der Waals surface area contributed by atoms with Crippen LogP contribution >= 0.6 is 15.9 Å². The number of nitrogens with one attached hydrogen (secondary N) is 1. The zero-order chi connectivity index (χ0) is 16.8. The van der Waals surface area contributed by atoms with E-state index in [0.717, 1.165) is 0 Å². The van der Waals surface area contributed by atoms with Crippen LogP contribution in [0.4, 0.5) is 0 Å². The number of rotatable bonds is 7.